The van der Waals surface area contributed by atoms with Gasteiger partial charge in [0.2, 0.25) is 5.91 Å². The van der Waals surface area contributed by atoms with Crippen molar-refractivity contribution < 1.29 is 9.53 Å². The molecule has 1 aliphatic rings. The maximum absolute atomic E-state index is 11.3. The van der Waals surface area contributed by atoms with E-state index in [2.05, 4.69) is 21.2 Å². The molecule has 0 aromatic carbocycles. The van der Waals surface area contributed by atoms with Crippen molar-refractivity contribution in [3.8, 4) is 0 Å². The highest BCUT2D eigenvalue weighted by atomic mass is 79.9. The van der Waals surface area contributed by atoms with Crippen LogP contribution in [0.25, 0.3) is 0 Å². The molecule has 1 aliphatic heterocycles. The number of rotatable bonds is 3. The number of hydrogen-bond donors (Lipinski definition) is 1. The summed E-state index contributed by atoms with van der Waals surface area (Å²) in [7, 11) is 0. The van der Waals surface area contributed by atoms with E-state index in [-0.39, 0.29) is 11.4 Å². The van der Waals surface area contributed by atoms with Gasteiger partial charge in [-0.15, -0.1) is 0 Å². The van der Waals surface area contributed by atoms with E-state index >= 15 is 0 Å². The Bertz CT molecular complexity index is 178. The molecule has 0 radical (unpaired) electrons. The fraction of sp³-hybridized carbons (Fsp3) is 0.889. The van der Waals surface area contributed by atoms with Crippen LogP contribution in [0.2, 0.25) is 0 Å². The van der Waals surface area contributed by atoms with Crippen molar-refractivity contribution in [2.75, 3.05) is 18.5 Å². The summed E-state index contributed by atoms with van der Waals surface area (Å²) >= 11 is 3.46. The number of carbonyl (C=O) groups is 1. The van der Waals surface area contributed by atoms with Crippen molar-refractivity contribution in [2.45, 2.75) is 31.7 Å². The first-order valence-corrected chi connectivity index (χ1v) is 5.79. The molecule has 0 aromatic heterocycles. The van der Waals surface area contributed by atoms with Gasteiger partial charge in [0.15, 0.2) is 0 Å². The van der Waals surface area contributed by atoms with E-state index in [0.717, 1.165) is 31.4 Å². The van der Waals surface area contributed by atoms with Crippen molar-refractivity contribution in [3.63, 3.8) is 0 Å². The van der Waals surface area contributed by atoms with Gasteiger partial charge in [-0.2, -0.15) is 0 Å². The molecule has 0 spiro atoms. The molecule has 1 N–H and O–H groups in total. The molecule has 76 valence electrons. The molecule has 0 bridgehead atoms. The number of ether oxygens (including phenoxy) is 1. The maximum Gasteiger partial charge on any atom is 0.220 e. The molecule has 4 heteroatoms. The second-order valence-electron chi connectivity index (χ2n) is 3.43. The van der Waals surface area contributed by atoms with Gasteiger partial charge in [-0.05, 0) is 12.8 Å². The van der Waals surface area contributed by atoms with Crippen molar-refractivity contribution >= 4 is 21.8 Å². The highest BCUT2D eigenvalue weighted by molar-refractivity contribution is 9.09. The van der Waals surface area contributed by atoms with Crippen LogP contribution < -0.4 is 5.32 Å². The summed E-state index contributed by atoms with van der Waals surface area (Å²) in [6.45, 7) is 3.36. The maximum atomic E-state index is 11.3. The van der Waals surface area contributed by atoms with E-state index < -0.39 is 0 Å². The van der Waals surface area contributed by atoms with Gasteiger partial charge in [-0.25, -0.2) is 0 Å². The zero-order valence-corrected chi connectivity index (χ0v) is 9.52. The predicted octanol–water partition coefficient (Wildman–Crippen LogP) is 1.46. The molecule has 0 saturated carbocycles. The first-order chi connectivity index (χ1) is 6.22. The number of halogens is 1. The van der Waals surface area contributed by atoms with E-state index in [0.29, 0.717) is 6.42 Å². The Morgan fingerprint density at radius 2 is 2.15 bits per heavy atom. The summed E-state index contributed by atoms with van der Waals surface area (Å²) in [5.74, 6) is 0.126. The molecule has 1 fully saturated rings. The predicted molar refractivity (Wildman–Crippen MR) is 55.0 cm³/mol. The van der Waals surface area contributed by atoms with Crippen molar-refractivity contribution in [1.29, 1.82) is 0 Å². The Hall–Kier alpha value is -0.0900. The van der Waals surface area contributed by atoms with Crippen LogP contribution in [0.15, 0.2) is 0 Å². The van der Waals surface area contributed by atoms with Crippen molar-refractivity contribution in [3.05, 3.63) is 0 Å². The van der Waals surface area contributed by atoms with Gasteiger partial charge in [-0.1, -0.05) is 22.9 Å². The third kappa shape index (κ3) is 2.95. The normalized spacial score (nSPS) is 21.1. The third-order valence-corrected chi connectivity index (χ3v) is 3.50. The SMILES string of the molecule is CCC(=O)NC1(CBr)CCOCC1. The summed E-state index contributed by atoms with van der Waals surface area (Å²) in [5.41, 5.74) is -0.0641. The molecular formula is C9H16BrNO2. The van der Waals surface area contributed by atoms with Crippen LogP contribution in [0.3, 0.4) is 0 Å². The lowest BCUT2D eigenvalue weighted by molar-refractivity contribution is -0.123. The lowest BCUT2D eigenvalue weighted by Crippen LogP contribution is -2.53. The molecule has 0 atom stereocenters. The van der Waals surface area contributed by atoms with Gasteiger partial charge in [0.25, 0.3) is 0 Å². The van der Waals surface area contributed by atoms with Gasteiger partial charge in [-0.3, -0.25) is 4.79 Å². The largest absolute Gasteiger partial charge is 0.381 e. The van der Waals surface area contributed by atoms with Crippen LogP contribution in [-0.4, -0.2) is 30.0 Å². The Kier molecular flexibility index (Phi) is 4.19. The average Bonchev–Trinajstić information content (AvgIpc) is 2.19. The molecule has 0 aliphatic carbocycles. The van der Waals surface area contributed by atoms with Crippen LogP contribution >= 0.6 is 15.9 Å². The van der Waals surface area contributed by atoms with E-state index in [1.54, 1.807) is 0 Å². The highest BCUT2D eigenvalue weighted by Crippen LogP contribution is 2.22. The summed E-state index contributed by atoms with van der Waals surface area (Å²) in [5, 5.41) is 3.88. The fourth-order valence-corrected chi connectivity index (χ4v) is 2.14. The average molecular weight is 250 g/mol. The Labute approximate surface area is 87.3 Å². The quantitative estimate of drug-likeness (QED) is 0.770. The van der Waals surface area contributed by atoms with Gasteiger partial charge in [0, 0.05) is 25.0 Å². The summed E-state index contributed by atoms with van der Waals surface area (Å²) in [6.07, 6.45) is 2.36. The van der Waals surface area contributed by atoms with Crippen LogP contribution in [-0.2, 0) is 9.53 Å². The lowest BCUT2D eigenvalue weighted by Gasteiger charge is -2.36. The smallest absolute Gasteiger partial charge is 0.220 e. The summed E-state index contributed by atoms with van der Waals surface area (Å²) in [4.78, 5) is 11.3. The van der Waals surface area contributed by atoms with E-state index in [9.17, 15) is 4.79 Å². The lowest BCUT2D eigenvalue weighted by atomic mass is 9.92. The topological polar surface area (TPSA) is 38.3 Å². The molecular weight excluding hydrogens is 234 g/mol. The minimum absolute atomic E-state index is 0.0641. The fourth-order valence-electron chi connectivity index (χ4n) is 1.44. The van der Waals surface area contributed by atoms with Crippen LogP contribution in [0, 0.1) is 0 Å². The molecule has 1 rings (SSSR count). The number of alkyl halides is 1. The number of nitrogens with one attached hydrogen (secondary N) is 1. The first kappa shape index (κ1) is 11.0. The van der Waals surface area contributed by atoms with Crippen LogP contribution in [0.1, 0.15) is 26.2 Å². The van der Waals surface area contributed by atoms with E-state index in [1.807, 2.05) is 6.92 Å². The third-order valence-electron chi connectivity index (χ3n) is 2.43. The zero-order chi connectivity index (χ0) is 9.73. The highest BCUT2D eigenvalue weighted by Gasteiger charge is 2.32. The second-order valence-corrected chi connectivity index (χ2v) is 3.99. The molecule has 13 heavy (non-hydrogen) atoms. The van der Waals surface area contributed by atoms with Gasteiger partial charge >= 0.3 is 0 Å². The van der Waals surface area contributed by atoms with Gasteiger partial charge < -0.3 is 10.1 Å². The van der Waals surface area contributed by atoms with E-state index in [4.69, 9.17) is 4.74 Å². The van der Waals surface area contributed by atoms with Crippen LogP contribution in [0.4, 0.5) is 0 Å². The number of hydrogen-bond acceptors (Lipinski definition) is 2. The van der Waals surface area contributed by atoms with Crippen LogP contribution in [0.5, 0.6) is 0 Å². The monoisotopic (exact) mass is 249 g/mol. The molecule has 3 nitrogen and oxygen atoms in total. The standard InChI is InChI=1S/C9H16BrNO2/c1-2-8(12)11-9(7-10)3-5-13-6-4-9/h2-7H2,1H3,(H,11,12). The summed E-state index contributed by atoms with van der Waals surface area (Å²) < 4.78 is 5.27. The molecule has 1 heterocycles. The van der Waals surface area contributed by atoms with Crippen molar-refractivity contribution in [1.82, 2.24) is 5.32 Å². The molecule has 1 saturated heterocycles. The summed E-state index contributed by atoms with van der Waals surface area (Å²) in [6, 6.07) is 0. The van der Waals surface area contributed by atoms with E-state index in [1.165, 1.54) is 0 Å². The Morgan fingerprint density at radius 1 is 1.54 bits per heavy atom. The molecule has 0 aromatic rings. The Balaban J connectivity index is 2.52. The van der Waals surface area contributed by atoms with Crippen molar-refractivity contribution in [2.24, 2.45) is 0 Å². The second kappa shape index (κ2) is 4.96. The number of carbonyl (C=O) groups excluding carboxylic acids is 1. The zero-order valence-electron chi connectivity index (χ0n) is 7.94. The van der Waals surface area contributed by atoms with Gasteiger partial charge in [0.1, 0.15) is 0 Å². The minimum Gasteiger partial charge on any atom is -0.381 e. The number of amides is 1. The van der Waals surface area contributed by atoms with Gasteiger partial charge in [0.05, 0.1) is 5.54 Å². The Morgan fingerprint density at radius 3 is 2.62 bits per heavy atom. The first-order valence-electron chi connectivity index (χ1n) is 4.67. The minimum atomic E-state index is -0.0641. The molecule has 1 amide bonds. The molecule has 0 unspecified atom stereocenters.